The maximum absolute atomic E-state index is 12.2. The summed E-state index contributed by atoms with van der Waals surface area (Å²) in [5, 5.41) is 4.56. The number of aromatic amines is 1. The molecule has 5 nitrogen and oxygen atoms in total. The van der Waals surface area contributed by atoms with Gasteiger partial charge in [0.25, 0.3) is 5.56 Å². The molecule has 3 aromatic rings. The summed E-state index contributed by atoms with van der Waals surface area (Å²) in [6.45, 7) is 0. The number of nitrogens with zero attached hydrogens (tertiary/aromatic N) is 3. The first-order valence-electron chi connectivity index (χ1n) is 6.06. The van der Waals surface area contributed by atoms with Crippen molar-refractivity contribution in [1.82, 2.24) is 4.98 Å². The second-order valence-electron chi connectivity index (χ2n) is 4.31. The molecule has 0 unspecified atom stereocenters. The molecule has 0 amide bonds. The van der Waals surface area contributed by atoms with Crippen molar-refractivity contribution in [2.75, 3.05) is 0 Å². The number of aromatic nitrogens is 1. The van der Waals surface area contributed by atoms with Gasteiger partial charge in [-0.05, 0) is 28.6 Å². The summed E-state index contributed by atoms with van der Waals surface area (Å²) < 4.78 is 0. The Kier molecular flexibility index (Phi) is 2.95. The molecule has 96 valence electrons. The van der Waals surface area contributed by atoms with Crippen molar-refractivity contribution in [1.29, 1.82) is 0 Å². The number of hydrogen-bond donors (Lipinski definition) is 1. The van der Waals surface area contributed by atoms with Gasteiger partial charge in [-0.2, -0.15) is 0 Å². The number of pyridine rings is 1. The minimum Gasteiger partial charge on any atom is -0.321 e. The van der Waals surface area contributed by atoms with Crippen molar-refractivity contribution < 1.29 is 0 Å². The minimum absolute atomic E-state index is 0.204. The zero-order valence-corrected chi connectivity index (χ0v) is 10.4. The summed E-state index contributed by atoms with van der Waals surface area (Å²) in [7, 11) is 0. The van der Waals surface area contributed by atoms with Gasteiger partial charge in [-0.15, -0.1) is 0 Å². The molecule has 20 heavy (non-hydrogen) atoms. The van der Waals surface area contributed by atoms with Gasteiger partial charge in [0.05, 0.1) is 0 Å². The minimum atomic E-state index is -0.204. The number of hydrogen-bond acceptors (Lipinski definition) is 2. The average Bonchev–Trinajstić information content (AvgIpc) is 2.48. The van der Waals surface area contributed by atoms with Crippen molar-refractivity contribution in [3.63, 3.8) is 0 Å². The van der Waals surface area contributed by atoms with Crippen LogP contribution in [-0.2, 0) is 0 Å². The molecule has 0 saturated heterocycles. The van der Waals surface area contributed by atoms with Crippen LogP contribution >= 0.6 is 0 Å². The molecule has 1 aromatic heterocycles. The van der Waals surface area contributed by atoms with E-state index in [1.165, 1.54) is 0 Å². The van der Waals surface area contributed by atoms with E-state index in [1.807, 2.05) is 24.3 Å². The molecule has 0 fully saturated rings. The molecule has 3 rings (SSSR count). The molecular weight excluding hydrogens is 252 g/mol. The average molecular weight is 262 g/mol. The van der Waals surface area contributed by atoms with Gasteiger partial charge in [-0.1, -0.05) is 47.6 Å². The molecule has 1 N–H and O–H groups in total. The predicted octanol–water partition coefficient (Wildman–Crippen LogP) is 4.14. The van der Waals surface area contributed by atoms with Crippen molar-refractivity contribution in [2.45, 2.75) is 0 Å². The van der Waals surface area contributed by atoms with E-state index < -0.39 is 0 Å². The fourth-order valence-electron chi connectivity index (χ4n) is 2.18. The summed E-state index contributed by atoms with van der Waals surface area (Å²) in [6, 6.07) is 16.4. The van der Waals surface area contributed by atoms with E-state index in [0.29, 0.717) is 16.8 Å². The zero-order valence-electron chi connectivity index (χ0n) is 10.4. The highest BCUT2D eigenvalue weighted by Crippen LogP contribution is 2.29. The van der Waals surface area contributed by atoms with Crippen molar-refractivity contribution in [3.8, 4) is 11.1 Å². The lowest BCUT2D eigenvalue weighted by Gasteiger charge is -2.06. The van der Waals surface area contributed by atoms with E-state index >= 15 is 0 Å². The zero-order chi connectivity index (χ0) is 13.9. The van der Waals surface area contributed by atoms with Crippen LogP contribution in [0.1, 0.15) is 0 Å². The molecule has 0 radical (unpaired) electrons. The van der Waals surface area contributed by atoms with Gasteiger partial charge in [0, 0.05) is 21.7 Å². The second-order valence-corrected chi connectivity index (χ2v) is 4.31. The van der Waals surface area contributed by atoms with Crippen molar-refractivity contribution in [2.24, 2.45) is 5.11 Å². The van der Waals surface area contributed by atoms with Crippen LogP contribution in [0.4, 0.5) is 5.69 Å². The predicted molar refractivity (Wildman–Crippen MR) is 78.8 cm³/mol. The molecule has 0 atom stereocenters. The number of para-hydroxylation sites is 1. The summed E-state index contributed by atoms with van der Waals surface area (Å²) in [4.78, 5) is 17.8. The summed E-state index contributed by atoms with van der Waals surface area (Å²) >= 11 is 0. The Morgan fingerprint density at radius 2 is 1.75 bits per heavy atom. The van der Waals surface area contributed by atoms with E-state index in [-0.39, 0.29) is 5.56 Å². The van der Waals surface area contributed by atoms with Crippen LogP contribution < -0.4 is 5.56 Å². The van der Waals surface area contributed by atoms with E-state index in [9.17, 15) is 4.79 Å². The smallest absolute Gasteiger partial charge is 0.256 e. The first-order chi connectivity index (χ1) is 9.79. The summed E-state index contributed by atoms with van der Waals surface area (Å²) in [5.74, 6) is 0. The Morgan fingerprint density at radius 3 is 2.60 bits per heavy atom. The quantitative estimate of drug-likeness (QED) is 0.420. The Balaban J connectivity index is 2.32. The molecule has 2 aromatic carbocycles. The third kappa shape index (κ3) is 2.02. The lowest BCUT2D eigenvalue weighted by atomic mass is 10.0. The molecule has 0 aliphatic heterocycles. The van der Waals surface area contributed by atoms with Crippen LogP contribution in [0.15, 0.2) is 64.5 Å². The standard InChI is InChI=1S/C15H10N4O/c16-19-18-14-8-4-2-6-11(14)12-9-10-5-1-3-7-13(10)17-15(12)20/h1-9H,(H,17,20). The molecule has 0 spiro atoms. The third-order valence-corrected chi connectivity index (χ3v) is 3.10. The van der Waals surface area contributed by atoms with Gasteiger partial charge < -0.3 is 4.98 Å². The Bertz CT molecular complexity index is 892. The van der Waals surface area contributed by atoms with Crippen molar-refractivity contribution in [3.05, 3.63) is 75.4 Å². The molecule has 5 heteroatoms. The summed E-state index contributed by atoms with van der Waals surface area (Å²) in [6.07, 6.45) is 0. The molecule has 0 bridgehead atoms. The molecule has 0 aliphatic carbocycles. The summed E-state index contributed by atoms with van der Waals surface area (Å²) in [5.41, 5.74) is 10.7. The lowest BCUT2D eigenvalue weighted by Crippen LogP contribution is -2.08. The second kappa shape index (κ2) is 4.91. The number of fused-ring (bicyclic) bond motifs is 1. The molecule has 1 heterocycles. The number of H-pyrrole nitrogens is 1. The monoisotopic (exact) mass is 262 g/mol. The van der Waals surface area contributed by atoms with Gasteiger partial charge in [0.2, 0.25) is 0 Å². The van der Waals surface area contributed by atoms with Crippen LogP contribution in [0.5, 0.6) is 0 Å². The third-order valence-electron chi connectivity index (χ3n) is 3.10. The molecule has 0 saturated carbocycles. The van der Waals surface area contributed by atoms with Gasteiger partial charge in [-0.25, -0.2) is 0 Å². The fourth-order valence-corrected chi connectivity index (χ4v) is 2.18. The number of benzene rings is 2. The van der Waals surface area contributed by atoms with E-state index in [0.717, 1.165) is 10.9 Å². The van der Waals surface area contributed by atoms with Crippen LogP contribution in [-0.4, -0.2) is 4.98 Å². The molecule has 0 aliphatic rings. The first kappa shape index (κ1) is 12.0. The number of rotatable bonds is 2. The topological polar surface area (TPSA) is 81.6 Å². The highest BCUT2D eigenvalue weighted by molar-refractivity contribution is 5.85. The molecular formula is C15H10N4O. The van der Waals surface area contributed by atoms with Gasteiger partial charge >= 0.3 is 0 Å². The normalized spacial score (nSPS) is 10.2. The largest absolute Gasteiger partial charge is 0.321 e. The van der Waals surface area contributed by atoms with Crippen LogP contribution in [0, 0.1) is 0 Å². The van der Waals surface area contributed by atoms with E-state index in [2.05, 4.69) is 15.0 Å². The van der Waals surface area contributed by atoms with Crippen LogP contribution in [0.3, 0.4) is 0 Å². The number of azide groups is 1. The van der Waals surface area contributed by atoms with Crippen LogP contribution in [0.2, 0.25) is 0 Å². The first-order valence-corrected chi connectivity index (χ1v) is 6.06. The Labute approximate surface area is 114 Å². The van der Waals surface area contributed by atoms with Crippen LogP contribution in [0.25, 0.3) is 32.5 Å². The number of nitrogens with one attached hydrogen (secondary N) is 1. The van der Waals surface area contributed by atoms with E-state index in [4.69, 9.17) is 5.53 Å². The van der Waals surface area contributed by atoms with Gasteiger partial charge in [-0.3, -0.25) is 4.79 Å². The van der Waals surface area contributed by atoms with Gasteiger partial charge in [0.1, 0.15) is 0 Å². The SMILES string of the molecule is [N-]=[N+]=Nc1ccccc1-c1cc2ccccc2[nH]c1=O. The maximum Gasteiger partial charge on any atom is 0.256 e. The van der Waals surface area contributed by atoms with Crippen molar-refractivity contribution >= 4 is 16.6 Å². The Morgan fingerprint density at radius 1 is 1.00 bits per heavy atom. The Hall–Kier alpha value is -3.04. The lowest BCUT2D eigenvalue weighted by molar-refractivity contribution is 1.30. The van der Waals surface area contributed by atoms with Gasteiger partial charge in [0.15, 0.2) is 0 Å². The highest BCUT2D eigenvalue weighted by atomic mass is 16.1. The maximum atomic E-state index is 12.2. The highest BCUT2D eigenvalue weighted by Gasteiger charge is 2.08. The fraction of sp³-hybridized carbons (Fsp3) is 0. The van der Waals surface area contributed by atoms with E-state index in [1.54, 1.807) is 30.3 Å².